The number of nitrogens with zero attached hydrogens (tertiary/aromatic N) is 2. The highest BCUT2D eigenvalue weighted by molar-refractivity contribution is 7.92. The lowest BCUT2D eigenvalue weighted by Crippen LogP contribution is -2.51. The lowest BCUT2D eigenvalue weighted by atomic mass is 10.1. The van der Waals surface area contributed by atoms with Crippen molar-refractivity contribution in [2.45, 2.75) is 52.1 Å². The lowest BCUT2D eigenvalue weighted by Gasteiger charge is -2.32. The predicted octanol–water partition coefficient (Wildman–Crippen LogP) is 5.35. The number of ether oxygens (including phenoxy) is 1. The molecular formula is C31H38ClN3O5S. The van der Waals surface area contributed by atoms with Crippen LogP contribution in [0.5, 0.6) is 5.75 Å². The van der Waals surface area contributed by atoms with Gasteiger partial charge in [0.25, 0.3) is 10.0 Å². The Morgan fingerprint density at radius 1 is 0.951 bits per heavy atom. The van der Waals surface area contributed by atoms with Crippen LogP contribution in [-0.4, -0.2) is 51.4 Å². The van der Waals surface area contributed by atoms with Crippen LogP contribution in [0.2, 0.25) is 5.02 Å². The van der Waals surface area contributed by atoms with Gasteiger partial charge in [0.2, 0.25) is 11.8 Å². The third kappa shape index (κ3) is 8.24. The molecule has 1 atom stereocenters. The van der Waals surface area contributed by atoms with Crippen LogP contribution in [0.15, 0.2) is 71.6 Å². The van der Waals surface area contributed by atoms with Crippen molar-refractivity contribution in [2.75, 3.05) is 24.5 Å². The van der Waals surface area contributed by atoms with Gasteiger partial charge in [-0.3, -0.25) is 13.9 Å². The number of methoxy groups -OCH3 is 1. The number of carbonyl (C=O) groups is 2. The summed E-state index contributed by atoms with van der Waals surface area (Å²) in [6.45, 7) is 9.21. The SMILES string of the molecule is COc1ccc(C)cc1N(CC(=O)N(Cc1cccc(Cl)c1)[C@@H](C)C(=O)NCC(C)C)S(=O)(=O)c1ccc(C)cc1. The molecule has 1 N–H and O–H groups in total. The van der Waals surface area contributed by atoms with Crippen molar-refractivity contribution in [3.63, 3.8) is 0 Å². The fourth-order valence-electron chi connectivity index (χ4n) is 4.21. The molecule has 0 aromatic heterocycles. The van der Waals surface area contributed by atoms with Crippen molar-refractivity contribution in [1.82, 2.24) is 10.2 Å². The maximum absolute atomic E-state index is 14.1. The molecule has 0 radical (unpaired) electrons. The van der Waals surface area contributed by atoms with Gasteiger partial charge in [-0.25, -0.2) is 8.42 Å². The van der Waals surface area contributed by atoms with E-state index < -0.39 is 28.5 Å². The normalized spacial score (nSPS) is 12.1. The molecule has 8 nitrogen and oxygen atoms in total. The van der Waals surface area contributed by atoms with Gasteiger partial charge in [-0.1, -0.05) is 61.3 Å². The van der Waals surface area contributed by atoms with E-state index in [0.717, 1.165) is 15.4 Å². The van der Waals surface area contributed by atoms with Crippen LogP contribution in [0.3, 0.4) is 0 Å². The molecule has 3 aromatic rings. The maximum Gasteiger partial charge on any atom is 0.264 e. The summed E-state index contributed by atoms with van der Waals surface area (Å²) in [4.78, 5) is 28.6. The summed E-state index contributed by atoms with van der Waals surface area (Å²) in [6, 6.07) is 17.7. The largest absolute Gasteiger partial charge is 0.495 e. The molecule has 0 bridgehead atoms. The van der Waals surface area contributed by atoms with Crippen LogP contribution >= 0.6 is 11.6 Å². The van der Waals surface area contributed by atoms with Gasteiger partial charge < -0.3 is 15.0 Å². The van der Waals surface area contributed by atoms with Crippen LogP contribution in [0.25, 0.3) is 0 Å². The number of anilines is 1. The summed E-state index contributed by atoms with van der Waals surface area (Å²) in [7, 11) is -2.77. The summed E-state index contributed by atoms with van der Waals surface area (Å²) in [5, 5.41) is 3.36. The molecule has 41 heavy (non-hydrogen) atoms. The molecule has 2 amide bonds. The number of hydrogen-bond donors (Lipinski definition) is 1. The van der Waals surface area contributed by atoms with E-state index in [2.05, 4.69) is 5.32 Å². The van der Waals surface area contributed by atoms with Gasteiger partial charge >= 0.3 is 0 Å². The first-order valence-electron chi connectivity index (χ1n) is 13.4. The number of amides is 2. The minimum Gasteiger partial charge on any atom is -0.495 e. The van der Waals surface area contributed by atoms with Gasteiger partial charge in [0.05, 0.1) is 17.7 Å². The molecule has 0 saturated heterocycles. The number of nitrogens with one attached hydrogen (secondary N) is 1. The number of hydrogen-bond acceptors (Lipinski definition) is 5. The van der Waals surface area contributed by atoms with E-state index in [9.17, 15) is 18.0 Å². The number of halogens is 1. The topological polar surface area (TPSA) is 96.0 Å². The highest BCUT2D eigenvalue weighted by atomic mass is 35.5. The summed E-state index contributed by atoms with van der Waals surface area (Å²) in [6.07, 6.45) is 0. The molecule has 220 valence electrons. The Morgan fingerprint density at radius 3 is 2.22 bits per heavy atom. The van der Waals surface area contributed by atoms with E-state index >= 15 is 0 Å². The highest BCUT2D eigenvalue weighted by Crippen LogP contribution is 2.34. The zero-order valence-corrected chi connectivity index (χ0v) is 25.9. The van der Waals surface area contributed by atoms with E-state index in [1.165, 1.54) is 24.1 Å². The monoisotopic (exact) mass is 599 g/mol. The first kappa shape index (κ1) is 32.0. The van der Waals surface area contributed by atoms with E-state index in [-0.39, 0.29) is 29.0 Å². The van der Waals surface area contributed by atoms with E-state index in [4.69, 9.17) is 16.3 Å². The van der Waals surface area contributed by atoms with E-state index in [1.54, 1.807) is 61.5 Å². The molecule has 3 rings (SSSR count). The zero-order valence-electron chi connectivity index (χ0n) is 24.3. The Hall–Kier alpha value is -3.56. The van der Waals surface area contributed by atoms with Crippen molar-refractivity contribution in [2.24, 2.45) is 5.92 Å². The van der Waals surface area contributed by atoms with Gasteiger partial charge in [0.15, 0.2) is 0 Å². The predicted molar refractivity (Wildman–Crippen MR) is 163 cm³/mol. The summed E-state index contributed by atoms with van der Waals surface area (Å²) >= 11 is 6.20. The van der Waals surface area contributed by atoms with Crippen LogP contribution in [0, 0.1) is 19.8 Å². The second-order valence-electron chi connectivity index (χ2n) is 10.5. The Morgan fingerprint density at radius 2 is 1.61 bits per heavy atom. The van der Waals surface area contributed by atoms with Crippen LogP contribution in [-0.2, 0) is 26.2 Å². The molecule has 0 saturated carbocycles. The average Bonchev–Trinajstić information content (AvgIpc) is 2.93. The van der Waals surface area contributed by atoms with E-state index in [1.807, 2.05) is 27.7 Å². The first-order chi connectivity index (χ1) is 19.3. The molecule has 10 heteroatoms. The third-order valence-corrected chi connectivity index (χ3v) is 8.59. The van der Waals surface area contributed by atoms with Crippen LogP contribution in [0.1, 0.15) is 37.5 Å². The average molecular weight is 600 g/mol. The minimum absolute atomic E-state index is 0.0311. The Balaban J connectivity index is 2.08. The quantitative estimate of drug-likeness (QED) is 0.303. The Kier molecular flexibility index (Phi) is 10.8. The molecule has 0 spiro atoms. The molecule has 0 aliphatic heterocycles. The zero-order chi connectivity index (χ0) is 30.3. The number of aryl methyl sites for hydroxylation is 2. The van der Waals surface area contributed by atoms with Crippen molar-refractivity contribution < 1.29 is 22.7 Å². The second kappa shape index (κ2) is 13.9. The first-order valence-corrected chi connectivity index (χ1v) is 15.2. The van der Waals surface area contributed by atoms with Crippen LogP contribution < -0.4 is 14.4 Å². The fraction of sp³-hybridized carbons (Fsp3) is 0.355. The van der Waals surface area contributed by atoms with Gasteiger partial charge in [-0.05, 0) is 74.2 Å². The van der Waals surface area contributed by atoms with Gasteiger partial charge in [0, 0.05) is 18.1 Å². The molecule has 0 heterocycles. The molecule has 0 fully saturated rings. The maximum atomic E-state index is 14.1. The number of benzene rings is 3. The smallest absolute Gasteiger partial charge is 0.264 e. The Bertz CT molecular complexity index is 1480. The molecule has 0 unspecified atom stereocenters. The molecule has 0 aliphatic rings. The summed E-state index contributed by atoms with van der Waals surface area (Å²) in [5.74, 6) is -0.387. The number of sulfonamides is 1. The third-order valence-electron chi connectivity index (χ3n) is 6.58. The Labute approximate surface area is 248 Å². The molecule has 3 aromatic carbocycles. The van der Waals surface area contributed by atoms with Crippen molar-refractivity contribution in [3.05, 3.63) is 88.4 Å². The fourth-order valence-corrected chi connectivity index (χ4v) is 5.84. The van der Waals surface area contributed by atoms with Gasteiger partial charge in [-0.2, -0.15) is 0 Å². The minimum atomic E-state index is -4.21. The standard InChI is InChI=1S/C31H38ClN3O5S/c1-21(2)18-33-31(37)24(5)34(19-25-8-7-9-26(32)17-25)30(36)20-35(28-16-23(4)12-15-29(28)40-6)41(38,39)27-13-10-22(3)11-14-27/h7-17,21,24H,18-20H2,1-6H3,(H,33,37)/t24-/m0/s1. The van der Waals surface area contributed by atoms with E-state index in [0.29, 0.717) is 22.9 Å². The van der Waals surface area contributed by atoms with Gasteiger partial charge in [0.1, 0.15) is 18.3 Å². The van der Waals surface area contributed by atoms with Gasteiger partial charge in [-0.15, -0.1) is 0 Å². The van der Waals surface area contributed by atoms with Crippen molar-refractivity contribution >= 4 is 39.1 Å². The molecular weight excluding hydrogens is 562 g/mol. The molecule has 0 aliphatic carbocycles. The second-order valence-corrected chi connectivity index (χ2v) is 12.8. The number of carbonyl (C=O) groups excluding carboxylic acids is 2. The summed E-state index contributed by atoms with van der Waals surface area (Å²) < 4.78 is 34.7. The van der Waals surface area contributed by atoms with Crippen molar-refractivity contribution in [3.8, 4) is 5.75 Å². The van der Waals surface area contributed by atoms with Crippen LogP contribution in [0.4, 0.5) is 5.69 Å². The highest BCUT2D eigenvalue weighted by Gasteiger charge is 2.34. The summed E-state index contributed by atoms with van der Waals surface area (Å²) in [5.41, 5.74) is 2.61. The number of rotatable bonds is 12. The van der Waals surface area contributed by atoms with Crippen molar-refractivity contribution in [1.29, 1.82) is 0 Å². The lowest BCUT2D eigenvalue weighted by molar-refractivity contribution is -0.139.